The van der Waals surface area contributed by atoms with Crippen molar-refractivity contribution in [3.05, 3.63) is 175 Å². The average molecular weight is 736 g/mol. The molecule has 3 aliphatic rings. The molecule has 3 nitrogen and oxygen atoms in total. The van der Waals surface area contributed by atoms with Crippen molar-refractivity contribution in [1.29, 1.82) is 0 Å². The smallest absolute Gasteiger partial charge is 0.164 e. The molecule has 7 aromatic carbocycles. The molecular weight excluding hydrogens is 691 g/mol. The van der Waals surface area contributed by atoms with Crippen LogP contribution in [-0.4, -0.2) is 15.0 Å². The van der Waals surface area contributed by atoms with E-state index in [1.807, 2.05) is 0 Å². The lowest BCUT2D eigenvalue weighted by atomic mass is 9.49. The van der Waals surface area contributed by atoms with Gasteiger partial charge in [-0.15, -0.1) is 0 Å². The van der Waals surface area contributed by atoms with Crippen LogP contribution in [0.5, 0.6) is 0 Å². The summed E-state index contributed by atoms with van der Waals surface area (Å²) in [7, 11) is 0. The van der Waals surface area contributed by atoms with Gasteiger partial charge in [0.25, 0.3) is 0 Å². The standard InChI is InChI=1S/C54H45N3/c1-34-29-36-31-35(2)54(45(30-34)32-36)49-33-44(26-27-47(49)48-28-25-41-15-9-10-16-46(41)50(48)54)53-56-51(42-21-17-39(18-22-42)37-11-5-3-6-12-37)55-52(57-53)43-23-19-40(20-24-43)38-13-7-4-8-14-38/h3-28,33-36,45H,29-32H2,1-2H3. The molecule has 0 saturated heterocycles. The first-order valence-electron chi connectivity index (χ1n) is 20.8. The van der Waals surface area contributed by atoms with Gasteiger partial charge in [-0.3, -0.25) is 0 Å². The molecule has 5 unspecified atom stereocenters. The van der Waals surface area contributed by atoms with Crippen LogP contribution in [0, 0.1) is 23.7 Å². The molecule has 0 N–H and O–H groups in total. The summed E-state index contributed by atoms with van der Waals surface area (Å²) in [5.41, 5.74) is 13.5. The largest absolute Gasteiger partial charge is 0.208 e. The minimum Gasteiger partial charge on any atom is -0.208 e. The van der Waals surface area contributed by atoms with Crippen molar-refractivity contribution in [2.45, 2.75) is 44.9 Å². The first kappa shape index (κ1) is 34.1. The quantitative estimate of drug-likeness (QED) is 0.177. The molecule has 2 saturated carbocycles. The van der Waals surface area contributed by atoms with E-state index in [9.17, 15) is 0 Å². The Morgan fingerprint density at radius 3 is 1.58 bits per heavy atom. The monoisotopic (exact) mass is 735 g/mol. The van der Waals surface area contributed by atoms with Crippen LogP contribution in [0.4, 0.5) is 0 Å². The fraction of sp³-hybridized carbons (Fsp3) is 0.204. The van der Waals surface area contributed by atoms with Crippen molar-refractivity contribution >= 4 is 10.8 Å². The highest BCUT2D eigenvalue weighted by atomic mass is 15.0. The van der Waals surface area contributed by atoms with E-state index in [4.69, 9.17) is 15.0 Å². The fourth-order valence-corrected chi connectivity index (χ4v) is 11.3. The van der Waals surface area contributed by atoms with E-state index < -0.39 is 0 Å². The van der Waals surface area contributed by atoms with Gasteiger partial charge in [-0.05, 0) is 111 Å². The molecule has 0 aliphatic heterocycles. The van der Waals surface area contributed by atoms with Crippen molar-refractivity contribution in [2.75, 3.05) is 0 Å². The molecule has 3 heteroatoms. The van der Waals surface area contributed by atoms with Gasteiger partial charge in [0, 0.05) is 22.1 Å². The molecule has 3 aliphatic carbocycles. The van der Waals surface area contributed by atoms with E-state index in [1.54, 1.807) is 5.56 Å². The first-order valence-corrected chi connectivity index (χ1v) is 20.8. The van der Waals surface area contributed by atoms with Gasteiger partial charge in [0.2, 0.25) is 0 Å². The Morgan fingerprint density at radius 1 is 0.439 bits per heavy atom. The summed E-state index contributed by atoms with van der Waals surface area (Å²) in [6, 6.07) is 59.3. The van der Waals surface area contributed by atoms with Crippen LogP contribution in [0.25, 0.3) is 78.3 Å². The number of hydrogen-bond acceptors (Lipinski definition) is 3. The molecule has 1 heterocycles. The Hall–Kier alpha value is -6.19. The van der Waals surface area contributed by atoms with E-state index in [-0.39, 0.29) is 5.41 Å². The topological polar surface area (TPSA) is 38.7 Å². The summed E-state index contributed by atoms with van der Waals surface area (Å²) >= 11 is 0. The molecule has 5 atom stereocenters. The van der Waals surface area contributed by atoms with Gasteiger partial charge in [0.15, 0.2) is 17.5 Å². The van der Waals surface area contributed by atoms with Crippen LogP contribution < -0.4 is 0 Å². The second-order valence-electron chi connectivity index (χ2n) is 17.0. The number of fused-ring (bicyclic) bond motifs is 10. The zero-order valence-corrected chi connectivity index (χ0v) is 32.6. The molecule has 1 aromatic heterocycles. The molecule has 8 aromatic rings. The van der Waals surface area contributed by atoms with E-state index in [0.717, 1.165) is 28.5 Å². The molecule has 0 amide bonds. The first-order chi connectivity index (χ1) is 28.0. The van der Waals surface area contributed by atoms with Crippen molar-refractivity contribution in [3.8, 4) is 67.5 Å². The van der Waals surface area contributed by atoms with Gasteiger partial charge < -0.3 is 0 Å². The predicted octanol–water partition coefficient (Wildman–Crippen LogP) is 13.7. The van der Waals surface area contributed by atoms with Gasteiger partial charge in [-0.1, -0.05) is 172 Å². The highest BCUT2D eigenvalue weighted by molar-refractivity contribution is 5.98. The zero-order valence-electron chi connectivity index (χ0n) is 32.6. The lowest BCUT2D eigenvalue weighted by molar-refractivity contribution is 0.0433. The minimum atomic E-state index is -0.0635. The maximum atomic E-state index is 5.30. The number of rotatable bonds is 5. The maximum Gasteiger partial charge on any atom is 0.164 e. The molecule has 2 bridgehead atoms. The highest BCUT2D eigenvalue weighted by Gasteiger charge is 2.57. The molecule has 0 radical (unpaired) electrons. The SMILES string of the molecule is CC1CC2CC(C)C3(c4cc(-c5nc(-c6ccc(-c7ccccc7)cc6)nc(-c6ccc(-c7ccccc7)cc6)n5)ccc4-c4ccc5ccccc5c43)C(C1)C2. The minimum absolute atomic E-state index is 0.0635. The summed E-state index contributed by atoms with van der Waals surface area (Å²) < 4.78 is 0. The Morgan fingerprint density at radius 2 is 0.947 bits per heavy atom. The summed E-state index contributed by atoms with van der Waals surface area (Å²) in [4.78, 5) is 15.8. The Labute approximate surface area is 335 Å². The molecule has 57 heavy (non-hydrogen) atoms. The number of hydrogen-bond donors (Lipinski definition) is 0. The summed E-state index contributed by atoms with van der Waals surface area (Å²) in [6.45, 7) is 5.05. The van der Waals surface area contributed by atoms with Crippen LogP contribution in [-0.2, 0) is 5.41 Å². The van der Waals surface area contributed by atoms with Gasteiger partial charge >= 0.3 is 0 Å². The van der Waals surface area contributed by atoms with Gasteiger partial charge in [-0.25, -0.2) is 15.0 Å². The van der Waals surface area contributed by atoms with Crippen molar-refractivity contribution in [2.24, 2.45) is 23.7 Å². The molecular formula is C54H45N3. The Bertz CT molecular complexity index is 2670. The summed E-state index contributed by atoms with van der Waals surface area (Å²) in [6.07, 6.45) is 5.21. The Balaban J connectivity index is 1.08. The summed E-state index contributed by atoms with van der Waals surface area (Å²) in [5.74, 6) is 4.73. The van der Waals surface area contributed by atoms with Crippen molar-refractivity contribution in [3.63, 3.8) is 0 Å². The van der Waals surface area contributed by atoms with Gasteiger partial charge in [0.1, 0.15) is 0 Å². The molecule has 276 valence electrons. The second kappa shape index (κ2) is 13.5. The third-order valence-electron chi connectivity index (χ3n) is 13.6. The van der Waals surface area contributed by atoms with E-state index in [0.29, 0.717) is 29.3 Å². The normalized spacial score (nSPS) is 22.0. The van der Waals surface area contributed by atoms with Gasteiger partial charge in [-0.2, -0.15) is 0 Å². The average Bonchev–Trinajstić information content (AvgIpc) is 3.57. The van der Waals surface area contributed by atoms with Gasteiger partial charge in [0.05, 0.1) is 0 Å². The highest BCUT2D eigenvalue weighted by Crippen LogP contribution is 2.66. The molecule has 1 spiro atoms. The van der Waals surface area contributed by atoms with E-state index >= 15 is 0 Å². The second-order valence-corrected chi connectivity index (χ2v) is 17.0. The van der Waals surface area contributed by atoms with Crippen molar-refractivity contribution in [1.82, 2.24) is 15.0 Å². The van der Waals surface area contributed by atoms with E-state index in [1.165, 1.54) is 75.4 Å². The number of aromatic nitrogens is 3. The number of benzene rings is 7. The fourth-order valence-electron chi connectivity index (χ4n) is 11.3. The summed E-state index contributed by atoms with van der Waals surface area (Å²) in [5, 5.41) is 2.75. The van der Waals surface area contributed by atoms with Crippen LogP contribution in [0.1, 0.15) is 50.7 Å². The van der Waals surface area contributed by atoms with Crippen LogP contribution in [0.2, 0.25) is 0 Å². The number of nitrogens with zero attached hydrogens (tertiary/aromatic N) is 3. The third-order valence-corrected chi connectivity index (χ3v) is 13.6. The predicted molar refractivity (Wildman–Crippen MR) is 235 cm³/mol. The third kappa shape index (κ3) is 5.58. The van der Waals surface area contributed by atoms with Crippen LogP contribution >= 0.6 is 0 Å². The maximum absolute atomic E-state index is 5.30. The Kier molecular flexibility index (Phi) is 8.06. The van der Waals surface area contributed by atoms with Crippen LogP contribution in [0.3, 0.4) is 0 Å². The zero-order chi connectivity index (χ0) is 38.1. The molecule has 2 fully saturated rings. The molecule has 11 rings (SSSR count). The lowest BCUT2D eigenvalue weighted by Gasteiger charge is -2.54. The van der Waals surface area contributed by atoms with Crippen LogP contribution in [0.15, 0.2) is 164 Å². The van der Waals surface area contributed by atoms with Crippen molar-refractivity contribution < 1.29 is 0 Å². The van der Waals surface area contributed by atoms with E-state index in [2.05, 4.69) is 178 Å². The lowest BCUT2D eigenvalue weighted by Crippen LogP contribution is -2.49.